The van der Waals surface area contributed by atoms with Crippen LogP contribution in [-0.2, 0) is 4.74 Å². The van der Waals surface area contributed by atoms with Crippen molar-refractivity contribution in [3.05, 3.63) is 16.7 Å². The van der Waals surface area contributed by atoms with Crippen LogP contribution in [0.4, 0.5) is 10.7 Å². The van der Waals surface area contributed by atoms with Gasteiger partial charge < -0.3 is 10.5 Å². The minimum absolute atomic E-state index is 0.0125. The molecule has 2 aromatic rings. The molecule has 0 saturated carbocycles. The van der Waals surface area contributed by atoms with Gasteiger partial charge in [0.25, 0.3) is 5.56 Å². The number of nitrogen functional groups attached to an aromatic ring is 1. The van der Waals surface area contributed by atoms with Crippen molar-refractivity contribution in [2.75, 3.05) is 18.0 Å². The predicted octanol–water partition coefficient (Wildman–Crippen LogP) is -1.72. The van der Waals surface area contributed by atoms with Gasteiger partial charge in [-0.15, -0.1) is 5.12 Å². The summed E-state index contributed by atoms with van der Waals surface area (Å²) in [5.74, 6) is 5.34. The first-order chi connectivity index (χ1) is 8.04. The largest absolute Gasteiger partial charge is 0.451 e. The van der Waals surface area contributed by atoms with Crippen LogP contribution in [0.15, 0.2) is 11.1 Å². The highest BCUT2D eigenvalue weighted by Crippen LogP contribution is 2.05. The van der Waals surface area contributed by atoms with Crippen LogP contribution in [0.3, 0.4) is 0 Å². The van der Waals surface area contributed by atoms with Crippen LogP contribution in [0, 0.1) is 0 Å². The maximum Gasteiger partial charge on any atom is 0.444 e. The fourth-order valence-corrected chi connectivity index (χ4v) is 1.25. The maximum atomic E-state index is 11.4. The lowest BCUT2D eigenvalue weighted by Gasteiger charge is -2.15. The van der Waals surface area contributed by atoms with Crippen LogP contribution in [0.1, 0.15) is 0 Å². The Hall–Kier alpha value is -2.62. The number of fused-ring (bicyclic) bond motifs is 1. The molecular weight excluding hydrogens is 230 g/mol. The number of carbonyl (C=O) groups is 1. The van der Waals surface area contributed by atoms with Crippen LogP contribution in [0.5, 0.6) is 0 Å². The Labute approximate surface area is 93.7 Å². The lowest BCUT2D eigenvalue weighted by molar-refractivity contribution is 0.172. The van der Waals surface area contributed by atoms with Gasteiger partial charge in [-0.25, -0.2) is 20.3 Å². The number of rotatable bonds is 1. The number of hydrogen-bond acceptors (Lipinski definition) is 7. The number of aromatic amines is 1. The summed E-state index contributed by atoms with van der Waals surface area (Å²) < 4.78 is 5.46. The van der Waals surface area contributed by atoms with Crippen molar-refractivity contribution in [2.45, 2.75) is 0 Å². The number of anilines is 1. The Morgan fingerprint density at radius 2 is 2.35 bits per heavy atom. The van der Waals surface area contributed by atoms with E-state index in [-0.39, 0.29) is 17.1 Å². The highest BCUT2D eigenvalue weighted by atomic mass is 16.6. The van der Waals surface area contributed by atoms with Crippen molar-refractivity contribution in [2.24, 2.45) is 5.84 Å². The van der Waals surface area contributed by atoms with E-state index in [1.165, 1.54) is 0 Å². The summed E-state index contributed by atoms with van der Waals surface area (Å²) in [4.78, 5) is 32.5. The van der Waals surface area contributed by atoms with E-state index in [0.29, 0.717) is 5.12 Å². The molecule has 0 atom stereocenters. The van der Waals surface area contributed by atoms with E-state index in [0.717, 1.165) is 18.1 Å². The van der Waals surface area contributed by atoms with E-state index in [1.54, 1.807) is 0 Å². The highest BCUT2D eigenvalue weighted by Gasteiger charge is 2.17. The Morgan fingerprint density at radius 3 is 3.00 bits per heavy atom. The van der Waals surface area contributed by atoms with E-state index in [9.17, 15) is 9.59 Å². The number of hydrazine groups is 1. The van der Waals surface area contributed by atoms with Crippen molar-refractivity contribution in [3.63, 3.8) is 0 Å². The standard InChI is InChI=1S/C7H9N7O3/c1-17-7(16)14(9)13-2-10-3-4(13)11-6(8)12-5(3)15/h2H,9H2,1H3,(H3,8,11,12,15). The van der Waals surface area contributed by atoms with E-state index < -0.39 is 11.7 Å². The first-order valence-corrected chi connectivity index (χ1v) is 4.40. The van der Waals surface area contributed by atoms with E-state index in [4.69, 9.17) is 11.6 Å². The average Bonchev–Trinajstić information content (AvgIpc) is 2.70. The van der Waals surface area contributed by atoms with Crippen LogP contribution < -0.4 is 22.3 Å². The van der Waals surface area contributed by atoms with Gasteiger partial charge in [0.2, 0.25) is 5.95 Å². The molecule has 10 nitrogen and oxygen atoms in total. The minimum Gasteiger partial charge on any atom is -0.451 e. The molecule has 90 valence electrons. The molecule has 10 heteroatoms. The van der Waals surface area contributed by atoms with Gasteiger partial charge >= 0.3 is 6.09 Å². The maximum absolute atomic E-state index is 11.4. The number of imidazole rings is 1. The lowest BCUT2D eigenvalue weighted by Crippen LogP contribution is -2.46. The summed E-state index contributed by atoms with van der Waals surface area (Å²) in [7, 11) is 1.16. The van der Waals surface area contributed by atoms with E-state index in [2.05, 4.69) is 19.7 Å². The second-order valence-electron chi connectivity index (χ2n) is 3.03. The Morgan fingerprint density at radius 1 is 1.65 bits per heavy atom. The summed E-state index contributed by atoms with van der Waals surface area (Å²) in [5.41, 5.74) is 4.92. The molecule has 0 saturated heterocycles. The number of methoxy groups -OCH3 is 1. The van der Waals surface area contributed by atoms with Gasteiger partial charge in [-0.05, 0) is 0 Å². The van der Waals surface area contributed by atoms with Crippen LogP contribution in [0.25, 0.3) is 11.2 Å². The monoisotopic (exact) mass is 239 g/mol. The molecule has 0 aliphatic carbocycles. The van der Waals surface area contributed by atoms with Gasteiger partial charge in [0, 0.05) is 0 Å². The van der Waals surface area contributed by atoms with Gasteiger partial charge in [-0.3, -0.25) is 9.78 Å². The SMILES string of the molecule is COC(=O)N(N)n1cnc2c(=O)[nH]c(N)nc21. The molecule has 0 aliphatic heterocycles. The summed E-state index contributed by atoms with van der Waals surface area (Å²) in [6.45, 7) is 0. The molecule has 2 heterocycles. The quantitative estimate of drug-likeness (QED) is 0.305. The van der Waals surface area contributed by atoms with Gasteiger partial charge in [0.15, 0.2) is 11.2 Å². The minimum atomic E-state index is -0.843. The van der Waals surface area contributed by atoms with Gasteiger partial charge in [0.1, 0.15) is 6.33 Å². The zero-order chi connectivity index (χ0) is 12.6. The molecule has 2 rings (SSSR count). The van der Waals surface area contributed by atoms with Crippen LogP contribution in [0.2, 0.25) is 0 Å². The molecule has 5 N–H and O–H groups in total. The highest BCUT2D eigenvalue weighted by molar-refractivity contribution is 5.80. The summed E-state index contributed by atoms with van der Waals surface area (Å²) >= 11 is 0. The fraction of sp³-hybridized carbons (Fsp3) is 0.143. The molecule has 0 spiro atoms. The number of aromatic nitrogens is 4. The Kier molecular flexibility index (Phi) is 2.40. The first kappa shape index (κ1) is 10.9. The number of ether oxygens (including phenoxy) is 1. The third-order valence-corrected chi connectivity index (χ3v) is 2.00. The second-order valence-corrected chi connectivity index (χ2v) is 3.03. The third kappa shape index (κ3) is 1.65. The van der Waals surface area contributed by atoms with Crippen molar-refractivity contribution < 1.29 is 9.53 Å². The number of carbonyl (C=O) groups excluding carboxylic acids is 1. The molecule has 1 amide bonds. The molecule has 2 aromatic heterocycles. The Bertz CT molecular complexity index is 630. The molecule has 0 aromatic carbocycles. The zero-order valence-corrected chi connectivity index (χ0v) is 8.75. The van der Waals surface area contributed by atoms with Crippen molar-refractivity contribution in [1.29, 1.82) is 0 Å². The number of H-pyrrole nitrogens is 1. The number of nitrogens with zero attached hydrogens (tertiary/aromatic N) is 4. The molecule has 0 fully saturated rings. The number of nitrogens with two attached hydrogens (primary N) is 2. The third-order valence-electron chi connectivity index (χ3n) is 2.00. The molecule has 0 unspecified atom stereocenters. The fourth-order valence-electron chi connectivity index (χ4n) is 1.25. The number of hydrogen-bond donors (Lipinski definition) is 3. The molecule has 0 radical (unpaired) electrons. The zero-order valence-electron chi connectivity index (χ0n) is 8.75. The van der Waals surface area contributed by atoms with Crippen molar-refractivity contribution in [3.8, 4) is 0 Å². The van der Waals surface area contributed by atoms with Gasteiger partial charge in [0.05, 0.1) is 7.11 Å². The van der Waals surface area contributed by atoms with Gasteiger partial charge in [-0.1, -0.05) is 0 Å². The van der Waals surface area contributed by atoms with Crippen molar-refractivity contribution in [1.82, 2.24) is 19.6 Å². The topological polar surface area (TPSA) is 145 Å². The lowest BCUT2D eigenvalue weighted by atomic mass is 10.5. The molecule has 0 bridgehead atoms. The smallest absolute Gasteiger partial charge is 0.444 e. The van der Waals surface area contributed by atoms with Crippen molar-refractivity contribution >= 4 is 23.2 Å². The normalized spacial score (nSPS) is 10.5. The first-order valence-electron chi connectivity index (χ1n) is 4.40. The summed E-state index contributed by atoms with van der Waals surface area (Å²) in [6, 6.07) is 0. The number of amides is 1. The second kappa shape index (κ2) is 3.75. The molecular formula is C7H9N7O3. The predicted molar refractivity (Wildman–Crippen MR) is 57.4 cm³/mol. The Balaban J connectivity index is 2.64. The van der Waals surface area contributed by atoms with Crippen LogP contribution >= 0.6 is 0 Å². The summed E-state index contributed by atoms with van der Waals surface area (Å²) in [5, 5.41) is 0.612. The van der Waals surface area contributed by atoms with E-state index >= 15 is 0 Å². The molecule has 0 aliphatic rings. The number of nitrogens with one attached hydrogen (secondary N) is 1. The van der Waals surface area contributed by atoms with E-state index in [1.807, 2.05) is 0 Å². The van der Waals surface area contributed by atoms with Crippen LogP contribution in [-0.4, -0.2) is 32.8 Å². The van der Waals surface area contributed by atoms with Gasteiger partial charge in [-0.2, -0.15) is 4.98 Å². The average molecular weight is 239 g/mol. The summed E-state index contributed by atoms with van der Waals surface area (Å²) in [6.07, 6.45) is 0.313. The molecule has 17 heavy (non-hydrogen) atoms.